The summed E-state index contributed by atoms with van der Waals surface area (Å²) in [5, 5.41) is 15.8. The van der Waals surface area contributed by atoms with E-state index in [-0.39, 0.29) is 18.9 Å². The van der Waals surface area contributed by atoms with Gasteiger partial charge in [-0.25, -0.2) is 0 Å². The van der Waals surface area contributed by atoms with E-state index in [0.29, 0.717) is 0 Å². The predicted molar refractivity (Wildman–Crippen MR) is 68.3 cm³/mol. The molecule has 0 radical (unpaired) electrons. The Hall–Kier alpha value is -1.88. The second kappa shape index (κ2) is 9.18. The minimum absolute atomic E-state index is 0.266. The summed E-state index contributed by atoms with van der Waals surface area (Å²) in [5.74, 6) is -2.15. The average molecular weight is 253 g/mol. The highest BCUT2D eigenvalue weighted by Gasteiger charge is 2.00. The zero-order chi connectivity index (χ0) is 14.0. The Morgan fingerprint density at radius 1 is 1.11 bits per heavy atom. The van der Waals surface area contributed by atoms with Gasteiger partial charge >= 0.3 is 11.9 Å². The van der Waals surface area contributed by atoms with Crippen LogP contribution in [-0.4, -0.2) is 28.2 Å². The van der Waals surface area contributed by atoms with Gasteiger partial charge in [0.05, 0.1) is 12.8 Å². The molecule has 100 valence electrons. The van der Waals surface area contributed by atoms with Crippen molar-refractivity contribution in [2.24, 2.45) is 5.73 Å². The van der Waals surface area contributed by atoms with Gasteiger partial charge in [-0.3, -0.25) is 9.59 Å². The van der Waals surface area contributed by atoms with Gasteiger partial charge in [0, 0.05) is 6.04 Å². The first-order chi connectivity index (χ1) is 8.41. The van der Waals surface area contributed by atoms with Crippen LogP contribution in [0.25, 0.3) is 0 Å². The Morgan fingerprint density at radius 3 is 1.89 bits per heavy atom. The number of rotatable bonds is 5. The van der Waals surface area contributed by atoms with E-state index >= 15 is 0 Å². The summed E-state index contributed by atoms with van der Waals surface area (Å²) in [4.78, 5) is 19.3. The molecule has 0 fully saturated rings. The van der Waals surface area contributed by atoms with Crippen LogP contribution in [0.15, 0.2) is 30.3 Å². The molecular formula is C13H19NO4. The van der Waals surface area contributed by atoms with Crippen molar-refractivity contribution >= 4 is 11.9 Å². The first-order valence-electron chi connectivity index (χ1n) is 5.65. The molecule has 0 aliphatic carbocycles. The lowest BCUT2D eigenvalue weighted by Gasteiger charge is -2.02. The second-order valence-corrected chi connectivity index (χ2v) is 3.95. The maximum Gasteiger partial charge on any atom is 0.303 e. The maximum absolute atomic E-state index is 9.64. The lowest BCUT2D eigenvalue weighted by atomic mass is 10.1. The summed E-state index contributed by atoms with van der Waals surface area (Å²) in [7, 11) is 0. The van der Waals surface area contributed by atoms with E-state index in [4.69, 9.17) is 15.9 Å². The average Bonchev–Trinajstić information content (AvgIpc) is 2.28. The molecule has 0 heterocycles. The number of carboxylic acids is 2. The number of carbonyl (C=O) groups is 2. The highest BCUT2D eigenvalue weighted by molar-refractivity contribution is 5.75. The van der Waals surface area contributed by atoms with Crippen LogP contribution in [0.1, 0.15) is 25.3 Å². The van der Waals surface area contributed by atoms with Gasteiger partial charge in [0.25, 0.3) is 0 Å². The summed E-state index contributed by atoms with van der Waals surface area (Å²) in [6, 6.07) is 10.6. The Kier molecular flexibility index (Phi) is 8.22. The summed E-state index contributed by atoms with van der Waals surface area (Å²) in [5.41, 5.74) is 6.94. The predicted octanol–water partition coefficient (Wildman–Crippen LogP) is 1.51. The van der Waals surface area contributed by atoms with Crippen LogP contribution in [0.5, 0.6) is 0 Å². The van der Waals surface area contributed by atoms with Gasteiger partial charge in [0.2, 0.25) is 0 Å². The Labute approximate surface area is 106 Å². The minimum Gasteiger partial charge on any atom is -0.481 e. The number of nitrogens with two attached hydrogens (primary N) is 1. The Bertz CT molecular complexity index is 349. The molecule has 1 aromatic carbocycles. The molecule has 0 saturated carbocycles. The Balaban J connectivity index is 0.000000331. The molecule has 0 aliphatic rings. The summed E-state index contributed by atoms with van der Waals surface area (Å²) >= 11 is 0. The molecule has 1 atom stereocenters. The molecule has 0 aromatic heterocycles. The van der Waals surface area contributed by atoms with Crippen LogP contribution < -0.4 is 5.73 Å². The van der Waals surface area contributed by atoms with Gasteiger partial charge in [0.1, 0.15) is 0 Å². The molecule has 1 aromatic rings. The van der Waals surface area contributed by atoms with Gasteiger partial charge in [-0.05, 0) is 18.9 Å². The standard InChI is InChI=1S/C9H13N.C4H6O4/c1-8(10)7-9-5-3-2-4-6-9;5-3(6)1-2-4(7)8/h2-6,8H,7,10H2,1H3;1-2H2,(H,5,6)(H,7,8)/t8-;/m1./s1. The van der Waals surface area contributed by atoms with E-state index in [1.807, 2.05) is 25.1 Å². The molecule has 0 bridgehead atoms. The first kappa shape index (κ1) is 16.1. The zero-order valence-electron chi connectivity index (χ0n) is 10.4. The molecule has 0 aliphatic heterocycles. The van der Waals surface area contributed by atoms with Crippen molar-refractivity contribution in [3.05, 3.63) is 35.9 Å². The number of aliphatic carboxylic acids is 2. The number of hydrogen-bond donors (Lipinski definition) is 3. The normalized spacial score (nSPS) is 11.0. The Morgan fingerprint density at radius 2 is 1.56 bits per heavy atom. The highest BCUT2D eigenvalue weighted by atomic mass is 16.4. The van der Waals surface area contributed by atoms with E-state index in [2.05, 4.69) is 12.1 Å². The molecule has 18 heavy (non-hydrogen) atoms. The van der Waals surface area contributed by atoms with Crippen molar-refractivity contribution in [3.63, 3.8) is 0 Å². The molecule has 5 nitrogen and oxygen atoms in total. The van der Waals surface area contributed by atoms with Crippen LogP contribution in [0.3, 0.4) is 0 Å². The molecule has 0 unspecified atom stereocenters. The lowest BCUT2D eigenvalue weighted by molar-refractivity contribution is -0.143. The molecule has 5 heteroatoms. The van der Waals surface area contributed by atoms with E-state index in [1.54, 1.807) is 0 Å². The zero-order valence-corrected chi connectivity index (χ0v) is 10.4. The lowest BCUT2D eigenvalue weighted by Crippen LogP contribution is -2.17. The monoisotopic (exact) mass is 253 g/mol. The molecule has 0 amide bonds. The number of carboxylic acid groups (broad SMARTS) is 2. The van der Waals surface area contributed by atoms with Crippen molar-refractivity contribution in [1.29, 1.82) is 0 Å². The second-order valence-electron chi connectivity index (χ2n) is 3.95. The van der Waals surface area contributed by atoms with Crippen molar-refractivity contribution in [1.82, 2.24) is 0 Å². The van der Waals surface area contributed by atoms with Crippen LogP contribution in [-0.2, 0) is 16.0 Å². The van der Waals surface area contributed by atoms with Crippen molar-refractivity contribution in [3.8, 4) is 0 Å². The van der Waals surface area contributed by atoms with Gasteiger partial charge < -0.3 is 15.9 Å². The van der Waals surface area contributed by atoms with Gasteiger partial charge in [-0.1, -0.05) is 30.3 Å². The largest absolute Gasteiger partial charge is 0.481 e. The fourth-order valence-corrected chi connectivity index (χ4v) is 1.20. The van der Waals surface area contributed by atoms with Crippen molar-refractivity contribution in [2.45, 2.75) is 32.2 Å². The van der Waals surface area contributed by atoms with Crippen LogP contribution in [0.4, 0.5) is 0 Å². The third kappa shape index (κ3) is 10.6. The molecule has 0 saturated heterocycles. The summed E-state index contributed by atoms with van der Waals surface area (Å²) in [6.45, 7) is 2.02. The van der Waals surface area contributed by atoms with Crippen molar-refractivity contribution in [2.75, 3.05) is 0 Å². The quantitative estimate of drug-likeness (QED) is 0.738. The third-order valence-electron chi connectivity index (χ3n) is 1.95. The van der Waals surface area contributed by atoms with Gasteiger partial charge in [-0.15, -0.1) is 0 Å². The van der Waals surface area contributed by atoms with Crippen LogP contribution in [0.2, 0.25) is 0 Å². The summed E-state index contributed by atoms with van der Waals surface area (Å²) < 4.78 is 0. The highest BCUT2D eigenvalue weighted by Crippen LogP contribution is 2.00. The molecule has 4 N–H and O–H groups in total. The minimum atomic E-state index is -1.08. The van der Waals surface area contributed by atoms with E-state index in [1.165, 1.54) is 5.56 Å². The molecular weight excluding hydrogens is 234 g/mol. The fraction of sp³-hybridized carbons (Fsp3) is 0.385. The van der Waals surface area contributed by atoms with Gasteiger partial charge in [-0.2, -0.15) is 0 Å². The number of benzene rings is 1. The molecule has 1 rings (SSSR count). The molecule has 0 spiro atoms. The van der Waals surface area contributed by atoms with E-state index in [9.17, 15) is 9.59 Å². The number of hydrogen-bond acceptors (Lipinski definition) is 3. The van der Waals surface area contributed by atoms with Gasteiger partial charge in [0.15, 0.2) is 0 Å². The maximum atomic E-state index is 9.64. The summed E-state index contributed by atoms with van der Waals surface area (Å²) in [6.07, 6.45) is 0.380. The van der Waals surface area contributed by atoms with E-state index in [0.717, 1.165) is 6.42 Å². The smallest absolute Gasteiger partial charge is 0.303 e. The SMILES string of the molecule is C[C@@H](N)Cc1ccccc1.O=C(O)CCC(=O)O. The van der Waals surface area contributed by atoms with Crippen LogP contribution >= 0.6 is 0 Å². The fourth-order valence-electron chi connectivity index (χ4n) is 1.20. The third-order valence-corrected chi connectivity index (χ3v) is 1.95. The topological polar surface area (TPSA) is 101 Å². The van der Waals surface area contributed by atoms with E-state index < -0.39 is 11.9 Å². The first-order valence-corrected chi connectivity index (χ1v) is 5.65. The van der Waals surface area contributed by atoms with Crippen LogP contribution in [0, 0.1) is 0 Å². The van der Waals surface area contributed by atoms with Crippen molar-refractivity contribution < 1.29 is 19.8 Å².